The van der Waals surface area contributed by atoms with Crippen molar-refractivity contribution in [2.24, 2.45) is 0 Å². The Morgan fingerprint density at radius 3 is 2.75 bits per heavy atom. The van der Waals surface area contributed by atoms with Crippen molar-refractivity contribution >= 4 is 28.5 Å². The number of benzene rings is 3. The Balaban J connectivity index is 1.36. The van der Waals surface area contributed by atoms with Gasteiger partial charge in [0.15, 0.2) is 11.5 Å². The number of fused-ring (bicyclic) bond motifs is 1. The predicted octanol–water partition coefficient (Wildman–Crippen LogP) is 6.22. The molecule has 0 spiro atoms. The van der Waals surface area contributed by atoms with Crippen LogP contribution in [0.4, 0.5) is 0 Å². The Bertz CT molecular complexity index is 1350. The van der Waals surface area contributed by atoms with Crippen LogP contribution in [0.15, 0.2) is 79.4 Å². The summed E-state index contributed by atoms with van der Waals surface area (Å²) < 4.78 is 13.6. The van der Waals surface area contributed by atoms with Crippen LogP contribution < -0.4 is 14.8 Å². The molecule has 3 aromatic carbocycles. The van der Waals surface area contributed by atoms with Gasteiger partial charge < -0.3 is 19.4 Å². The van der Waals surface area contributed by atoms with Gasteiger partial charge in [0, 0.05) is 17.1 Å². The first-order valence-electron chi connectivity index (χ1n) is 12.0. The highest BCUT2D eigenvalue weighted by Gasteiger charge is 2.13. The molecule has 0 atom stereocenters. The second-order valence-electron chi connectivity index (χ2n) is 8.39. The molecule has 0 fully saturated rings. The molecule has 4 aromatic rings. The van der Waals surface area contributed by atoms with Crippen LogP contribution in [0.25, 0.3) is 11.0 Å². The van der Waals surface area contributed by atoms with Crippen LogP contribution >= 0.6 is 11.6 Å². The number of methoxy groups -OCH3 is 1. The minimum atomic E-state index is -0.183. The van der Waals surface area contributed by atoms with Gasteiger partial charge in [-0.05, 0) is 67.3 Å². The molecule has 1 amide bonds. The maximum Gasteiger partial charge on any atom is 0.251 e. The molecule has 1 aromatic heterocycles. The summed E-state index contributed by atoms with van der Waals surface area (Å²) in [6.45, 7) is 5.45. The number of para-hydroxylation sites is 2. The van der Waals surface area contributed by atoms with Crippen molar-refractivity contribution in [1.29, 1.82) is 0 Å². The number of nitrogens with zero attached hydrogens (tertiary/aromatic N) is 2. The monoisotopic (exact) mass is 503 g/mol. The molecular weight excluding hydrogens is 474 g/mol. The first-order valence-corrected chi connectivity index (χ1v) is 12.4. The zero-order valence-corrected chi connectivity index (χ0v) is 21.1. The van der Waals surface area contributed by atoms with Gasteiger partial charge in [0.1, 0.15) is 5.82 Å². The third kappa shape index (κ3) is 6.26. The SMILES string of the molecule is C=CCc1ccc(OCCCCn2c(CNC(=O)c3cccc(Cl)c3)nc3ccccc32)c(OC)c1. The second kappa shape index (κ2) is 12.3. The van der Waals surface area contributed by atoms with Crippen molar-refractivity contribution in [2.75, 3.05) is 13.7 Å². The molecular formula is C29H30ClN3O3. The molecule has 36 heavy (non-hydrogen) atoms. The molecule has 7 heteroatoms. The van der Waals surface area contributed by atoms with Gasteiger partial charge >= 0.3 is 0 Å². The summed E-state index contributed by atoms with van der Waals surface area (Å²) >= 11 is 6.03. The van der Waals surface area contributed by atoms with Crippen molar-refractivity contribution in [3.63, 3.8) is 0 Å². The predicted molar refractivity (Wildman–Crippen MR) is 144 cm³/mol. The zero-order chi connectivity index (χ0) is 25.3. The lowest BCUT2D eigenvalue weighted by molar-refractivity contribution is 0.0949. The number of imidazole rings is 1. The molecule has 0 radical (unpaired) electrons. The number of unbranched alkanes of at least 4 members (excludes halogenated alkanes) is 1. The summed E-state index contributed by atoms with van der Waals surface area (Å²) in [5.41, 5.74) is 3.61. The number of nitrogens with one attached hydrogen (secondary N) is 1. The third-order valence-electron chi connectivity index (χ3n) is 5.87. The maximum atomic E-state index is 12.6. The van der Waals surface area contributed by atoms with E-state index in [-0.39, 0.29) is 5.91 Å². The van der Waals surface area contributed by atoms with E-state index < -0.39 is 0 Å². The number of rotatable bonds is 12. The number of aromatic nitrogens is 2. The summed E-state index contributed by atoms with van der Waals surface area (Å²) in [5, 5.41) is 3.50. The van der Waals surface area contributed by atoms with Crippen LogP contribution in [-0.2, 0) is 19.5 Å². The van der Waals surface area contributed by atoms with Crippen LogP contribution in [0, 0.1) is 0 Å². The number of aryl methyl sites for hydroxylation is 1. The first kappa shape index (κ1) is 25.3. The summed E-state index contributed by atoms with van der Waals surface area (Å²) in [5.74, 6) is 2.10. The third-order valence-corrected chi connectivity index (χ3v) is 6.10. The number of hydrogen-bond acceptors (Lipinski definition) is 4. The largest absolute Gasteiger partial charge is 0.493 e. The Morgan fingerprint density at radius 2 is 1.94 bits per heavy atom. The van der Waals surface area contributed by atoms with E-state index in [2.05, 4.69) is 22.5 Å². The fourth-order valence-corrected chi connectivity index (χ4v) is 4.27. The molecule has 0 unspecified atom stereocenters. The molecule has 4 rings (SSSR count). The van der Waals surface area contributed by atoms with Gasteiger partial charge in [-0.15, -0.1) is 6.58 Å². The van der Waals surface area contributed by atoms with Gasteiger partial charge in [-0.3, -0.25) is 4.79 Å². The molecule has 0 aliphatic carbocycles. The summed E-state index contributed by atoms with van der Waals surface area (Å²) in [6, 6.07) is 20.9. The first-order chi connectivity index (χ1) is 17.6. The molecule has 1 N–H and O–H groups in total. The highest BCUT2D eigenvalue weighted by atomic mass is 35.5. The van der Waals surface area contributed by atoms with E-state index in [0.717, 1.165) is 59.7 Å². The van der Waals surface area contributed by atoms with Crippen LogP contribution in [0.3, 0.4) is 0 Å². The van der Waals surface area contributed by atoms with Gasteiger partial charge in [0.05, 0.1) is 31.3 Å². The highest BCUT2D eigenvalue weighted by Crippen LogP contribution is 2.28. The molecule has 0 aliphatic rings. The molecule has 0 saturated heterocycles. The van der Waals surface area contributed by atoms with E-state index in [9.17, 15) is 4.79 Å². The maximum absolute atomic E-state index is 12.6. The minimum absolute atomic E-state index is 0.183. The number of carbonyl (C=O) groups excluding carboxylic acids is 1. The normalized spacial score (nSPS) is 10.8. The number of carbonyl (C=O) groups is 1. The Morgan fingerprint density at radius 1 is 1.08 bits per heavy atom. The fraction of sp³-hybridized carbons (Fsp3) is 0.241. The Labute approximate surface area is 216 Å². The molecule has 1 heterocycles. The molecule has 0 aliphatic heterocycles. The fourth-order valence-electron chi connectivity index (χ4n) is 4.08. The zero-order valence-electron chi connectivity index (χ0n) is 20.4. The van der Waals surface area contributed by atoms with E-state index >= 15 is 0 Å². The summed E-state index contributed by atoms with van der Waals surface area (Å²) in [4.78, 5) is 17.4. The van der Waals surface area contributed by atoms with Gasteiger partial charge in [-0.1, -0.05) is 41.9 Å². The van der Waals surface area contributed by atoms with Gasteiger partial charge in [-0.25, -0.2) is 4.98 Å². The standard InChI is InChI=1S/C29H30ClN3O3/c1-3-9-21-14-15-26(27(18-21)35-2)36-17-7-6-16-33-25-13-5-4-12-24(25)32-28(33)20-31-29(34)22-10-8-11-23(30)19-22/h3-5,8,10-15,18-19H,1,6-7,9,16-17,20H2,2H3,(H,31,34). The van der Waals surface area contributed by atoms with E-state index in [1.54, 1.807) is 31.4 Å². The van der Waals surface area contributed by atoms with Crippen LogP contribution in [0.2, 0.25) is 5.02 Å². The summed E-state index contributed by atoms with van der Waals surface area (Å²) in [6.07, 6.45) is 4.41. The average molecular weight is 504 g/mol. The lowest BCUT2D eigenvalue weighted by atomic mass is 10.1. The van der Waals surface area contributed by atoms with Gasteiger partial charge in [0.25, 0.3) is 5.91 Å². The van der Waals surface area contributed by atoms with Crippen molar-refractivity contribution in [2.45, 2.75) is 32.4 Å². The second-order valence-corrected chi connectivity index (χ2v) is 8.83. The van der Waals surface area contributed by atoms with Crippen molar-refractivity contribution in [1.82, 2.24) is 14.9 Å². The number of hydrogen-bond donors (Lipinski definition) is 1. The minimum Gasteiger partial charge on any atom is -0.493 e. The molecule has 0 saturated carbocycles. The van der Waals surface area contributed by atoms with Gasteiger partial charge in [-0.2, -0.15) is 0 Å². The number of allylic oxidation sites excluding steroid dienone is 1. The van der Waals surface area contributed by atoms with Crippen molar-refractivity contribution in [3.8, 4) is 11.5 Å². The summed E-state index contributed by atoms with van der Waals surface area (Å²) in [7, 11) is 1.65. The highest BCUT2D eigenvalue weighted by molar-refractivity contribution is 6.30. The van der Waals surface area contributed by atoms with Crippen molar-refractivity contribution < 1.29 is 14.3 Å². The number of amides is 1. The quantitative estimate of drug-likeness (QED) is 0.184. The lowest BCUT2D eigenvalue weighted by Gasteiger charge is -2.13. The van der Waals surface area contributed by atoms with E-state index in [1.165, 1.54) is 0 Å². The number of ether oxygens (including phenoxy) is 2. The number of halogens is 1. The van der Waals surface area contributed by atoms with Crippen molar-refractivity contribution in [3.05, 3.63) is 101 Å². The average Bonchev–Trinajstić information content (AvgIpc) is 3.25. The topological polar surface area (TPSA) is 65.4 Å². The van der Waals surface area contributed by atoms with Crippen LogP contribution in [-0.4, -0.2) is 29.2 Å². The lowest BCUT2D eigenvalue weighted by Crippen LogP contribution is -2.24. The van der Waals surface area contributed by atoms with E-state index in [0.29, 0.717) is 23.7 Å². The smallest absolute Gasteiger partial charge is 0.251 e. The van der Waals surface area contributed by atoms with Crippen LogP contribution in [0.1, 0.15) is 34.6 Å². The Kier molecular flexibility index (Phi) is 8.63. The Hall–Kier alpha value is -3.77. The van der Waals surface area contributed by atoms with Crippen LogP contribution in [0.5, 0.6) is 11.5 Å². The van der Waals surface area contributed by atoms with E-state index in [4.69, 9.17) is 26.1 Å². The van der Waals surface area contributed by atoms with E-state index in [1.807, 2.05) is 42.5 Å². The molecule has 6 nitrogen and oxygen atoms in total. The molecule has 186 valence electrons. The molecule has 0 bridgehead atoms. The van der Waals surface area contributed by atoms with Gasteiger partial charge in [0.2, 0.25) is 0 Å².